The van der Waals surface area contributed by atoms with Gasteiger partial charge in [0.1, 0.15) is 24.8 Å². The quantitative estimate of drug-likeness (QED) is 0.0160. The number of amides is 9. The van der Waals surface area contributed by atoms with Crippen LogP contribution in [0.4, 0.5) is 21.0 Å². The van der Waals surface area contributed by atoms with Gasteiger partial charge in [-0.3, -0.25) is 57.6 Å². The number of nitrogens with one attached hydrogen (secondary N) is 3. The zero-order chi connectivity index (χ0) is 87.3. The molecule has 5 aliphatic rings. The number of nitrogens with zero attached hydrogens (tertiary/aromatic N) is 5. The molecule has 5 aliphatic heterocycles. The summed E-state index contributed by atoms with van der Waals surface area (Å²) in [5.74, 6) is -5.53. The molecule has 0 radical (unpaired) electrons. The van der Waals surface area contributed by atoms with E-state index in [1.807, 2.05) is 27.7 Å². The second-order valence-corrected chi connectivity index (χ2v) is 32.0. The summed E-state index contributed by atoms with van der Waals surface area (Å²) in [5.41, 5.74) is 3.44. The van der Waals surface area contributed by atoms with Gasteiger partial charge in [0.25, 0.3) is 11.8 Å². The Morgan fingerprint density at radius 1 is 0.517 bits per heavy atom. The van der Waals surface area contributed by atoms with Crippen LogP contribution < -0.4 is 44.7 Å². The highest BCUT2D eigenvalue weighted by atomic mass is 16.6. The molecule has 9 amide bonds. The lowest BCUT2D eigenvalue weighted by molar-refractivity contribution is -0.140. The summed E-state index contributed by atoms with van der Waals surface area (Å²) < 4.78 is 51.7. The third-order valence-electron chi connectivity index (χ3n) is 22.2. The van der Waals surface area contributed by atoms with Crippen LogP contribution in [-0.2, 0) is 92.9 Å². The predicted octanol–water partition coefficient (Wildman–Crippen LogP) is 7.74. The number of benzene rings is 4. The summed E-state index contributed by atoms with van der Waals surface area (Å²) in [6.45, 7) is 23.1. The van der Waals surface area contributed by atoms with Gasteiger partial charge in [0.2, 0.25) is 29.5 Å². The van der Waals surface area contributed by atoms with Crippen molar-refractivity contribution in [3.63, 3.8) is 0 Å². The number of fused-ring (bicyclic) bond motifs is 4. The predicted molar refractivity (Wildman–Crippen MR) is 438 cm³/mol. The number of ether oxygens (including phenoxy) is 9. The minimum Gasteiger partial charge on any atom is -0.493 e. The second kappa shape index (κ2) is 43.3. The van der Waals surface area contributed by atoms with E-state index < -0.39 is 84.3 Å². The summed E-state index contributed by atoms with van der Waals surface area (Å²) in [4.78, 5) is 181. The van der Waals surface area contributed by atoms with Crippen LogP contribution in [0.1, 0.15) is 156 Å². The fourth-order valence-electron chi connectivity index (χ4n) is 14.9. The van der Waals surface area contributed by atoms with Crippen LogP contribution in [0.5, 0.6) is 23.0 Å². The topological polar surface area (TPSA) is 398 Å². The average molecular weight is 1670 g/mol. The molecule has 3 saturated heterocycles. The molecule has 9 atom stereocenters. The van der Waals surface area contributed by atoms with Gasteiger partial charge in [0.15, 0.2) is 47.0 Å². The molecule has 32 heteroatoms. The van der Waals surface area contributed by atoms with Crippen LogP contribution in [0.15, 0.2) is 97.1 Å². The van der Waals surface area contributed by atoms with Gasteiger partial charge in [0.05, 0.1) is 107 Å². The maximum Gasteiger partial charge on any atom is 0.416 e. The smallest absolute Gasteiger partial charge is 0.416 e. The monoisotopic (exact) mass is 1670 g/mol. The first-order valence-corrected chi connectivity index (χ1v) is 40.8. The van der Waals surface area contributed by atoms with Crippen LogP contribution in [0, 0.1) is 35.5 Å². The molecule has 0 aliphatic carbocycles. The maximum absolute atomic E-state index is 14.5. The lowest BCUT2D eigenvalue weighted by Gasteiger charge is -2.31. The lowest BCUT2D eigenvalue weighted by Crippen LogP contribution is -2.50. The Morgan fingerprint density at radius 3 is 1.34 bits per heavy atom. The Labute approximate surface area is 699 Å². The Morgan fingerprint density at radius 2 is 0.942 bits per heavy atom. The summed E-state index contributed by atoms with van der Waals surface area (Å²) in [7, 11) is 4.29. The average Bonchev–Trinajstić information content (AvgIpc) is 1.60. The fourth-order valence-corrected chi connectivity index (χ4v) is 14.9. The third-order valence-corrected chi connectivity index (χ3v) is 22.2. The van der Waals surface area contributed by atoms with Crippen LogP contribution in [0.25, 0.3) is 0 Å². The number of Topliss-reactive ketones (excluding diaryl/α,β-unsaturated/α-hetero) is 4. The summed E-state index contributed by atoms with van der Waals surface area (Å²) in [6, 6.07) is 15.4. The molecule has 0 aromatic heterocycles. The first kappa shape index (κ1) is 92.9. The van der Waals surface area contributed by atoms with Gasteiger partial charge in [-0.1, -0.05) is 114 Å². The number of likely N-dealkylation sites (tertiary alicyclic amines) is 1. The lowest BCUT2D eigenvalue weighted by atomic mass is 9.88. The van der Waals surface area contributed by atoms with Gasteiger partial charge in [-0.2, -0.15) is 0 Å². The number of anilines is 2. The van der Waals surface area contributed by atoms with E-state index in [0.717, 1.165) is 14.7 Å². The number of carbonyl (C=O) groups excluding carboxylic acids is 13. The van der Waals surface area contributed by atoms with Gasteiger partial charge in [-0.15, -0.1) is 0 Å². The Kier molecular flexibility index (Phi) is 33.6. The van der Waals surface area contributed by atoms with Crippen LogP contribution in [0.3, 0.4) is 0 Å². The first-order chi connectivity index (χ1) is 57.2. The maximum atomic E-state index is 14.5. The molecule has 4 aromatic rings. The minimum absolute atomic E-state index is 0.000460. The van der Waals surface area contributed by atoms with E-state index in [9.17, 15) is 72.5 Å². The van der Waals surface area contributed by atoms with E-state index in [-0.39, 0.29) is 253 Å². The number of ketones is 4. The number of hydrogen-bond acceptors (Lipinski definition) is 24. The molecular weight excluding hydrogens is 1550 g/mol. The first-order valence-electron chi connectivity index (χ1n) is 40.8. The summed E-state index contributed by atoms with van der Waals surface area (Å²) in [6.07, 6.45) is -4.70. The van der Waals surface area contributed by atoms with Gasteiger partial charge in [-0.05, 0) is 78.8 Å². The second-order valence-electron chi connectivity index (χ2n) is 32.0. The van der Waals surface area contributed by atoms with Crippen molar-refractivity contribution in [1.82, 2.24) is 30.7 Å². The molecule has 3 unspecified atom stereocenters. The van der Waals surface area contributed by atoms with Gasteiger partial charge >= 0.3 is 12.2 Å². The van der Waals surface area contributed by atoms with Crippen molar-refractivity contribution in [2.75, 3.05) is 104 Å². The van der Waals surface area contributed by atoms with Gasteiger partial charge in [-0.25, -0.2) is 19.4 Å². The van der Waals surface area contributed by atoms with E-state index in [1.54, 1.807) is 83.3 Å². The van der Waals surface area contributed by atoms with Gasteiger partial charge < -0.3 is 78.6 Å². The van der Waals surface area contributed by atoms with Crippen molar-refractivity contribution in [1.29, 1.82) is 0 Å². The van der Waals surface area contributed by atoms with Crippen molar-refractivity contribution in [2.45, 2.75) is 176 Å². The molecule has 5 N–H and O–H groups in total. The van der Waals surface area contributed by atoms with E-state index >= 15 is 0 Å². The fraction of sp³-hybridized carbons (Fsp3) is 0.534. The summed E-state index contributed by atoms with van der Waals surface area (Å²) >= 11 is 0. The Balaban J connectivity index is 0.774. The highest BCUT2D eigenvalue weighted by molar-refractivity contribution is 6.08. The van der Waals surface area contributed by atoms with Crippen molar-refractivity contribution >= 4 is 88.0 Å². The van der Waals surface area contributed by atoms with Crippen LogP contribution in [0.2, 0.25) is 0 Å². The van der Waals surface area contributed by atoms with Crippen molar-refractivity contribution < 1.29 is 115 Å². The molecule has 3 fully saturated rings. The Hall–Kier alpha value is -10.9. The van der Waals surface area contributed by atoms with E-state index in [2.05, 4.69) is 29.1 Å². The highest BCUT2D eigenvalue weighted by Crippen LogP contribution is 2.45. The number of hydrogen-bond donors (Lipinski definition) is 5. The zero-order valence-corrected chi connectivity index (χ0v) is 70.4. The third kappa shape index (κ3) is 24.0. The number of aliphatic hydroxyl groups is 2. The molecule has 0 bridgehead atoms. The molecule has 5 heterocycles. The highest BCUT2D eigenvalue weighted by Gasteiger charge is 2.49. The molecular formula is C88H114N8O24. The molecule has 0 spiro atoms. The van der Waals surface area contributed by atoms with E-state index in [4.69, 9.17) is 42.6 Å². The SMILES string of the molecule is C=C1C[C@H]2C(O)N(C(=O)OCc3ccc(CC(=O)[C@H](C)NC(=O)[C@@H](CC(=O)CCOCCNC(=O)CCN4C(=O)CC(C(C)C)C4=O)C(C)C)cc3)c3cc(OCCCOc4cc5c(cc4OC)C(=O)N4CC(=C)C[C@H]4C(O)N5C(=O)OCc4ccc(CC(=O)[C@H](C)NC(=O)[C@@H](CC(=O)CCOCCOC)C(C)C)cc4)c(OC)cc3C(=O)N2C1. The largest absolute Gasteiger partial charge is 0.493 e. The number of carbonyl (C=O) groups is 13. The number of rotatable bonds is 44. The molecule has 9 rings (SSSR count). The van der Waals surface area contributed by atoms with E-state index in [0.29, 0.717) is 46.6 Å². The number of imide groups is 1. The zero-order valence-electron chi connectivity index (χ0n) is 70.4. The van der Waals surface area contributed by atoms with Crippen molar-refractivity contribution in [3.05, 3.63) is 130 Å². The molecule has 0 saturated carbocycles. The van der Waals surface area contributed by atoms with Gasteiger partial charge in [0, 0.05) is 121 Å². The van der Waals surface area contributed by atoms with E-state index in [1.165, 1.54) is 48.3 Å². The summed E-state index contributed by atoms with van der Waals surface area (Å²) in [5, 5.41) is 32.5. The number of aliphatic hydroxyl groups excluding tert-OH is 2. The van der Waals surface area contributed by atoms with Crippen LogP contribution >= 0.6 is 0 Å². The number of methoxy groups -OCH3 is 3. The molecule has 32 nitrogen and oxygen atoms in total. The molecule has 4 aromatic carbocycles. The van der Waals surface area contributed by atoms with Crippen LogP contribution in [-0.4, -0.2) is 232 Å². The standard InChI is InChI=1S/C88H114N8O24/c1-50(2)63(39-61(97)24-30-115-32-26-89-78(101)23-27-92-79(102)43-65(52(5)6)82(92)105)80(103)90-55(9)72(99)37-57-15-19-59(20-16-57)48-119-87(110)95-68-44-76(74(113-12)41-66(68)83(106)93-46-53(7)35-70(93)85(95)108)117-28-14-29-118-77-45-69-67(42-75(77)114-13)84(107)94-47-54(8)36-71(94)86(109)96(69)88(111)120-49-60-21-17-58(18-22-60)38-73(100)56(10)91-81(104)64(51(3)4)40-62(98)25-31-116-34-33-112-11/h15-22,41-42,44-45,50-52,55-56,63-65,70-71,85-86,108-109H,7-8,14,23-40,43,46-49H2,1-6,9-13H3,(H,89,101)(H,90,103)(H,91,104)/t55-,56-,63-,64-,65?,70-,71-,85?,86?/m0/s1. The normalized spacial score (nSPS) is 18.6. The Bertz CT molecular complexity index is 4420. The minimum atomic E-state index is -1.63. The van der Waals surface area contributed by atoms with Crippen molar-refractivity contribution in [2.24, 2.45) is 35.5 Å². The van der Waals surface area contributed by atoms with Crippen molar-refractivity contribution in [3.8, 4) is 23.0 Å². The molecule has 120 heavy (non-hydrogen) atoms. The molecule has 650 valence electrons.